The molecule has 2 aliphatic rings. The third-order valence-corrected chi connectivity index (χ3v) is 5.63. The van der Waals surface area contributed by atoms with Crippen LogP contribution in [0.1, 0.15) is 13.3 Å². The molecule has 0 radical (unpaired) electrons. The molecule has 0 spiro atoms. The molecule has 2 N–H and O–H groups in total. The van der Waals surface area contributed by atoms with E-state index in [1.165, 1.54) is 26.2 Å². The summed E-state index contributed by atoms with van der Waals surface area (Å²) >= 11 is 0. The summed E-state index contributed by atoms with van der Waals surface area (Å²) in [5.41, 5.74) is 1.53. The van der Waals surface area contributed by atoms with Gasteiger partial charge in [-0.3, -0.25) is 14.4 Å². The number of anilines is 3. The van der Waals surface area contributed by atoms with Crippen LogP contribution in [0, 0.1) is 5.92 Å². The summed E-state index contributed by atoms with van der Waals surface area (Å²) < 4.78 is 21.6. The zero-order valence-corrected chi connectivity index (χ0v) is 18.8. The highest BCUT2D eigenvalue weighted by Crippen LogP contribution is 2.42. The normalized spacial score (nSPS) is 19.3. The fraction of sp³-hybridized carbons (Fsp3) is 0.348. The average molecular weight is 455 g/mol. The van der Waals surface area contributed by atoms with E-state index in [1.54, 1.807) is 37.3 Å². The molecule has 4 rings (SSSR count). The Labute approximate surface area is 190 Å². The van der Waals surface area contributed by atoms with Crippen LogP contribution < -0.4 is 34.5 Å². The number of ether oxygens (including phenoxy) is 4. The topological polar surface area (TPSA) is 115 Å². The second kappa shape index (κ2) is 8.89. The molecule has 1 fully saturated rings. The highest BCUT2D eigenvalue weighted by Gasteiger charge is 2.36. The number of hydrogen-bond acceptors (Lipinski definition) is 7. The molecule has 1 saturated heterocycles. The van der Waals surface area contributed by atoms with Crippen LogP contribution in [0.3, 0.4) is 0 Å². The van der Waals surface area contributed by atoms with Gasteiger partial charge in [0.05, 0.1) is 38.6 Å². The Morgan fingerprint density at radius 3 is 2.42 bits per heavy atom. The molecule has 0 aliphatic carbocycles. The minimum absolute atomic E-state index is 0.0603. The molecule has 174 valence electrons. The van der Waals surface area contributed by atoms with Gasteiger partial charge in [0, 0.05) is 30.8 Å². The Morgan fingerprint density at radius 1 is 1.09 bits per heavy atom. The standard InChI is InChI=1S/C23H25N3O7/c1-12-22(28)25-16-8-14(5-6-17(16)33-12)24-23(29)13-7-20(27)26(11-13)15-9-18(30-2)21(32-4)19(10-15)31-3/h5-6,8-10,12-13H,7,11H2,1-4H3,(H,24,29)(H,25,28). The first-order valence-corrected chi connectivity index (χ1v) is 10.4. The minimum Gasteiger partial charge on any atom is -0.493 e. The van der Waals surface area contributed by atoms with E-state index >= 15 is 0 Å². The first-order chi connectivity index (χ1) is 15.8. The maximum Gasteiger partial charge on any atom is 0.265 e. The largest absolute Gasteiger partial charge is 0.493 e. The van der Waals surface area contributed by atoms with Crippen molar-refractivity contribution >= 4 is 34.8 Å². The smallest absolute Gasteiger partial charge is 0.265 e. The number of fused-ring (bicyclic) bond motifs is 1. The fourth-order valence-corrected chi connectivity index (χ4v) is 3.89. The van der Waals surface area contributed by atoms with Crippen molar-refractivity contribution in [3.63, 3.8) is 0 Å². The van der Waals surface area contributed by atoms with E-state index in [0.717, 1.165) is 0 Å². The molecule has 2 aromatic carbocycles. The van der Waals surface area contributed by atoms with Gasteiger partial charge in [-0.25, -0.2) is 0 Å². The maximum absolute atomic E-state index is 12.9. The molecule has 2 aliphatic heterocycles. The average Bonchev–Trinajstić information content (AvgIpc) is 3.20. The lowest BCUT2D eigenvalue weighted by atomic mass is 10.1. The van der Waals surface area contributed by atoms with Gasteiger partial charge in [-0.05, 0) is 25.1 Å². The van der Waals surface area contributed by atoms with E-state index in [1.807, 2.05) is 0 Å². The predicted octanol–water partition coefficient (Wildman–Crippen LogP) is 2.42. The molecule has 0 bridgehead atoms. The van der Waals surface area contributed by atoms with Gasteiger partial charge in [0.25, 0.3) is 5.91 Å². The zero-order chi connectivity index (χ0) is 23.7. The van der Waals surface area contributed by atoms with Crippen molar-refractivity contribution in [1.29, 1.82) is 0 Å². The first kappa shape index (κ1) is 22.3. The molecule has 10 heteroatoms. The van der Waals surface area contributed by atoms with Crippen LogP contribution in [0.25, 0.3) is 0 Å². The van der Waals surface area contributed by atoms with Crippen molar-refractivity contribution in [2.45, 2.75) is 19.4 Å². The van der Waals surface area contributed by atoms with Crippen LogP contribution in [0.4, 0.5) is 17.1 Å². The highest BCUT2D eigenvalue weighted by molar-refractivity contribution is 6.04. The summed E-state index contributed by atoms with van der Waals surface area (Å²) in [5, 5.41) is 5.57. The summed E-state index contributed by atoms with van der Waals surface area (Å²) in [6.07, 6.45) is -0.520. The monoisotopic (exact) mass is 455 g/mol. The van der Waals surface area contributed by atoms with Gasteiger partial charge in [-0.2, -0.15) is 0 Å². The fourth-order valence-electron chi connectivity index (χ4n) is 3.89. The van der Waals surface area contributed by atoms with Crippen molar-refractivity contribution in [2.75, 3.05) is 43.4 Å². The molecule has 33 heavy (non-hydrogen) atoms. The van der Waals surface area contributed by atoms with E-state index in [4.69, 9.17) is 18.9 Å². The van der Waals surface area contributed by atoms with Gasteiger partial charge in [0.2, 0.25) is 17.6 Å². The molecule has 0 saturated carbocycles. The number of hydrogen-bond donors (Lipinski definition) is 2. The van der Waals surface area contributed by atoms with Crippen LogP contribution >= 0.6 is 0 Å². The Bertz CT molecular complexity index is 1090. The number of methoxy groups -OCH3 is 3. The molecule has 2 aromatic rings. The first-order valence-electron chi connectivity index (χ1n) is 10.4. The Morgan fingerprint density at radius 2 is 1.79 bits per heavy atom. The summed E-state index contributed by atoms with van der Waals surface area (Å²) in [7, 11) is 4.49. The van der Waals surface area contributed by atoms with Crippen molar-refractivity contribution in [3.05, 3.63) is 30.3 Å². The highest BCUT2D eigenvalue weighted by atomic mass is 16.5. The number of rotatable bonds is 6. The number of nitrogens with one attached hydrogen (secondary N) is 2. The van der Waals surface area contributed by atoms with Crippen LogP contribution in [0.2, 0.25) is 0 Å². The maximum atomic E-state index is 12.9. The molecule has 10 nitrogen and oxygen atoms in total. The SMILES string of the molecule is COc1cc(N2CC(C(=O)Nc3ccc4c(c3)NC(=O)C(C)O4)CC2=O)cc(OC)c1OC. The lowest BCUT2D eigenvalue weighted by molar-refractivity contribution is -0.122. The van der Waals surface area contributed by atoms with Crippen LogP contribution in [0.15, 0.2) is 30.3 Å². The molecule has 3 amide bonds. The Balaban J connectivity index is 1.49. The molecule has 2 heterocycles. The number of amides is 3. The molecular weight excluding hydrogens is 430 g/mol. The summed E-state index contributed by atoms with van der Waals surface area (Å²) in [6.45, 7) is 1.86. The lowest BCUT2D eigenvalue weighted by Crippen LogP contribution is -2.34. The molecule has 0 aromatic heterocycles. The van der Waals surface area contributed by atoms with Crippen molar-refractivity contribution in [3.8, 4) is 23.0 Å². The quantitative estimate of drug-likeness (QED) is 0.687. The number of nitrogens with zero attached hydrogens (tertiary/aromatic N) is 1. The summed E-state index contributed by atoms with van der Waals surface area (Å²) in [4.78, 5) is 39.0. The van der Waals surface area contributed by atoms with E-state index < -0.39 is 12.0 Å². The van der Waals surface area contributed by atoms with Gasteiger partial charge >= 0.3 is 0 Å². The van der Waals surface area contributed by atoms with Gasteiger partial charge in [-0.15, -0.1) is 0 Å². The Kier molecular flexibility index (Phi) is 5.99. The van der Waals surface area contributed by atoms with Gasteiger partial charge in [0.1, 0.15) is 5.75 Å². The third-order valence-electron chi connectivity index (χ3n) is 5.63. The number of carbonyl (C=O) groups is 3. The molecule has 2 unspecified atom stereocenters. The van der Waals surface area contributed by atoms with Gasteiger partial charge in [-0.1, -0.05) is 0 Å². The van der Waals surface area contributed by atoms with E-state index in [2.05, 4.69) is 10.6 Å². The van der Waals surface area contributed by atoms with Crippen LogP contribution in [0.5, 0.6) is 23.0 Å². The lowest BCUT2D eigenvalue weighted by Gasteiger charge is -2.24. The zero-order valence-electron chi connectivity index (χ0n) is 18.8. The van der Waals surface area contributed by atoms with Crippen LogP contribution in [-0.4, -0.2) is 51.7 Å². The third kappa shape index (κ3) is 4.23. The predicted molar refractivity (Wildman–Crippen MR) is 120 cm³/mol. The second-order valence-corrected chi connectivity index (χ2v) is 7.74. The number of carbonyl (C=O) groups excluding carboxylic acids is 3. The second-order valence-electron chi connectivity index (χ2n) is 7.74. The summed E-state index contributed by atoms with van der Waals surface area (Å²) in [5.74, 6) is 0.485. The van der Waals surface area contributed by atoms with Gasteiger partial charge < -0.3 is 34.5 Å². The number of benzene rings is 2. The van der Waals surface area contributed by atoms with E-state index in [9.17, 15) is 14.4 Å². The van der Waals surface area contributed by atoms with Crippen molar-refractivity contribution in [2.24, 2.45) is 5.92 Å². The van der Waals surface area contributed by atoms with Crippen LogP contribution in [-0.2, 0) is 14.4 Å². The molecule has 2 atom stereocenters. The van der Waals surface area contributed by atoms with Crippen molar-refractivity contribution in [1.82, 2.24) is 0 Å². The Hall–Kier alpha value is -3.95. The molecular formula is C23H25N3O7. The van der Waals surface area contributed by atoms with E-state index in [-0.39, 0.29) is 30.7 Å². The van der Waals surface area contributed by atoms with Gasteiger partial charge in [0.15, 0.2) is 17.6 Å². The summed E-state index contributed by atoms with van der Waals surface area (Å²) in [6, 6.07) is 8.35. The van der Waals surface area contributed by atoms with Crippen molar-refractivity contribution < 1.29 is 33.3 Å². The van der Waals surface area contributed by atoms with E-state index in [0.29, 0.717) is 40.1 Å². The minimum atomic E-state index is -0.580.